The molecular formula is C51H52N4O4. The monoisotopic (exact) mass is 784 g/mol. The number of aromatic amines is 1. The molecule has 6 aromatic carbocycles. The fourth-order valence-corrected chi connectivity index (χ4v) is 8.11. The Kier molecular flexibility index (Phi) is 10.8. The lowest BCUT2D eigenvalue weighted by atomic mass is 9.77. The van der Waals surface area contributed by atoms with Crippen molar-refractivity contribution in [2.24, 2.45) is 11.3 Å². The van der Waals surface area contributed by atoms with Gasteiger partial charge in [0.05, 0.1) is 6.04 Å². The van der Waals surface area contributed by atoms with Crippen molar-refractivity contribution < 1.29 is 19.2 Å². The van der Waals surface area contributed by atoms with Gasteiger partial charge in [-0.25, -0.2) is 4.79 Å². The molecule has 2 N–H and O–H groups in total. The Morgan fingerprint density at radius 1 is 0.576 bits per heavy atom. The summed E-state index contributed by atoms with van der Waals surface area (Å²) >= 11 is 0. The summed E-state index contributed by atoms with van der Waals surface area (Å²) < 4.78 is 0. The van der Waals surface area contributed by atoms with E-state index in [4.69, 9.17) is 0 Å². The van der Waals surface area contributed by atoms with E-state index in [1.165, 1.54) is 26.7 Å². The third kappa shape index (κ3) is 7.75. The zero-order valence-electron chi connectivity index (χ0n) is 35.3. The number of rotatable bonds is 0. The molecule has 0 radical (unpaired) electrons. The Hall–Kier alpha value is -6.54. The number of nitrogens with one attached hydrogen (secondary N) is 2. The highest BCUT2D eigenvalue weighted by Crippen LogP contribution is 2.47. The summed E-state index contributed by atoms with van der Waals surface area (Å²) in [7, 11) is 0. The maximum atomic E-state index is 12.6. The lowest BCUT2D eigenvalue weighted by Gasteiger charge is -2.41. The van der Waals surface area contributed by atoms with Crippen LogP contribution in [0.4, 0.5) is 4.79 Å². The van der Waals surface area contributed by atoms with Crippen molar-refractivity contribution in [3.63, 3.8) is 0 Å². The van der Waals surface area contributed by atoms with Crippen LogP contribution < -0.4 is 5.32 Å². The second-order valence-corrected chi connectivity index (χ2v) is 18.0. The van der Waals surface area contributed by atoms with Gasteiger partial charge in [0.2, 0.25) is 0 Å². The van der Waals surface area contributed by atoms with Gasteiger partial charge in [-0.15, -0.1) is 0 Å². The van der Waals surface area contributed by atoms with E-state index in [0.717, 1.165) is 38.6 Å². The lowest BCUT2D eigenvalue weighted by molar-refractivity contribution is -0.116. The zero-order valence-corrected chi connectivity index (χ0v) is 35.3. The minimum absolute atomic E-state index is 0.173. The number of nitrogens with zero attached hydrogens (tertiary/aromatic N) is 2. The molecule has 8 nitrogen and oxygen atoms in total. The number of aromatic nitrogens is 1. The maximum Gasteiger partial charge on any atom is 0.329 e. The van der Waals surface area contributed by atoms with Crippen LogP contribution in [-0.4, -0.2) is 44.1 Å². The second kappa shape index (κ2) is 15.7. The van der Waals surface area contributed by atoms with Crippen LogP contribution in [0, 0.1) is 11.3 Å². The van der Waals surface area contributed by atoms with Gasteiger partial charge in [0.15, 0.2) is 0 Å². The number of carbonyl (C=O) groups is 4. The molecule has 1 atom stereocenters. The van der Waals surface area contributed by atoms with Crippen LogP contribution in [0.2, 0.25) is 0 Å². The molecule has 3 aliphatic rings. The molecule has 1 saturated heterocycles. The number of urea groups is 1. The van der Waals surface area contributed by atoms with Gasteiger partial charge in [0, 0.05) is 43.9 Å². The van der Waals surface area contributed by atoms with Gasteiger partial charge < -0.3 is 4.98 Å². The average Bonchev–Trinajstić information content (AvgIpc) is 3.71. The summed E-state index contributed by atoms with van der Waals surface area (Å²) in [4.78, 5) is 56.0. The maximum absolute atomic E-state index is 12.6. The molecule has 1 unspecified atom stereocenters. The van der Waals surface area contributed by atoms with E-state index < -0.39 is 5.54 Å². The Bertz CT molecular complexity index is 2710. The van der Waals surface area contributed by atoms with Crippen molar-refractivity contribution in [1.82, 2.24) is 20.1 Å². The molecule has 4 heterocycles. The minimum atomic E-state index is -0.524. The van der Waals surface area contributed by atoms with Gasteiger partial charge >= 0.3 is 6.03 Å². The largest absolute Gasteiger partial charge is 0.355 e. The number of imide groups is 2. The van der Waals surface area contributed by atoms with Crippen LogP contribution in [0.15, 0.2) is 127 Å². The molecular weight excluding hydrogens is 733 g/mol. The number of fused-ring (bicyclic) bond motifs is 7. The van der Waals surface area contributed by atoms with Crippen molar-refractivity contribution in [3.8, 4) is 0 Å². The number of hydrogen-bond donors (Lipinski definition) is 2. The Morgan fingerprint density at radius 3 is 1.59 bits per heavy atom. The second-order valence-electron chi connectivity index (χ2n) is 18.0. The Labute approximate surface area is 345 Å². The van der Waals surface area contributed by atoms with Gasteiger partial charge in [0.25, 0.3) is 17.7 Å². The number of H-pyrrole nitrogens is 1. The van der Waals surface area contributed by atoms with Gasteiger partial charge in [-0.05, 0) is 89.7 Å². The fourth-order valence-electron chi connectivity index (χ4n) is 8.11. The van der Waals surface area contributed by atoms with Crippen LogP contribution >= 0.6 is 0 Å². The smallest absolute Gasteiger partial charge is 0.329 e. The number of amides is 5. The van der Waals surface area contributed by atoms with Crippen LogP contribution in [0.3, 0.4) is 0 Å². The van der Waals surface area contributed by atoms with E-state index in [0.29, 0.717) is 16.8 Å². The molecule has 300 valence electrons. The first kappa shape index (κ1) is 40.6. The van der Waals surface area contributed by atoms with Crippen LogP contribution in [-0.2, 0) is 4.79 Å². The summed E-state index contributed by atoms with van der Waals surface area (Å²) in [5.41, 5.74) is 5.50. The Morgan fingerprint density at radius 2 is 1.07 bits per heavy atom. The highest BCUT2D eigenvalue weighted by atomic mass is 16.2. The highest BCUT2D eigenvalue weighted by molar-refractivity contribution is 6.25. The predicted molar refractivity (Wildman–Crippen MR) is 240 cm³/mol. The number of hydrogen-bond acceptors (Lipinski definition) is 4. The van der Waals surface area contributed by atoms with Crippen molar-refractivity contribution in [2.75, 3.05) is 0 Å². The molecule has 1 fully saturated rings. The topological polar surface area (TPSA) is 103 Å². The molecule has 0 aliphatic carbocycles. The fraction of sp³-hybridized carbons (Fsp3) is 0.255. The highest BCUT2D eigenvalue weighted by Gasteiger charge is 2.46. The van der Waals surface area contributed by atoms with Gasteiger partial charge in [-0.1, -0.05) is 139 Å². The summed E-state index contributed by atoms with van der Waals surface area (Å²) in [5.74, 6) is 0.103. The molecule has 7 aromatic rings. The molecule has 5 amide bonds. The Balaban J connectivity index is 0.000000132. The molecule has 1 aromatic heterocycles. The van der Waals surface area contributed by atoms with E-state index >= 15 is 0 Å². The average molecular weight is 785 g/mol. The third-order valence-corrected chi connectivity index (χ3v) is 10.4. The molecule has 0 saturated carbocycles. The van der Waals surface area contributed by atoms with Crippen molar-refractivity contribution in [2.45, 2.75) is 73.9 Å². The van der Waals surface area contributed by atoms with Crippen LogP contribution in [0.5, 0.6) is 0 Å². The third-order valence-electron chi connectivity index (χ3n) is 10.4. The first-order chi connectivity index (χ1) is 28.0. The van der Waals surface area contributed by atoms with Crippen LogP contribution in [0.1, 0.15) is 100 Å². The lowest BCUT2D eigenvalue weighted by Crippen LogP contribution is -2.51. The number of para-hydroxylation sites is 2. The van der Waals surface area contributed by atoms with Crippen molar-refractivity contribution in [1.29, 1.82) is 0 Å². The molecule has 8 heteroatoms. The SMILES string of the molecule is CC(C)(C)C1c2ccc3ccccc3c2C=C2C(=O)NC(=O)N21.CC(C)(C)N1C(=O)c2cccc3cccc(c23)C1=O.CC(C)C.c1ccc2c(c1)[nH]c1ccccc12. The van der Waals surface area contributed by atoms with Crippen molar-refractivity contribution >= 4 is 73.2 Å². The first-order valence-electron chi connectivity index (χ1n) is 20.2. The molecule has 0 bridgehead atoms. The first-order valence-corrected chi connectivity index (χ1v) is 20.2. The number of benzene rings is 6. The molecule has 0 spiro atoms. The number of carbonyl (C=O) groups excluding carboxylic acids is 4. The van der Waals surface area contributed by atoms with Gasteiger partial charge in [0.1, 0.15) is 5.70 Å². The van der Waals surface area contributed by atoms with Gasteiger partial charge in [-0.3, -0.25) is 29.5 Å². The summed E-state index contributed by atoms with van der Waals surface area (Å²) in [6, 6.07) is 39.7. The molecule has 3 aliphatic heterocycles. The quantitative estimate of drug-likeness (QED) is 0.118. The van der Waals surface area contributed by atoms with E-state index in [1.807, 2.05) is 63.2 Å². The summed E-state index contributed by atoms with van der Waals surface area (Å²) in [6.07, 6.45) is 1.85. The van der Waals surface area contributed by atoms with E-state index in [-0.39, 0.29) is 35.2 Å². The standard InChI is InChI=1S/C19H18N2O2.C16H15NO2.C12H9N.C4H10/c1-19(2,3)16-13-9-8-11-6-4-5-7-12(11)14(13)10-15-17(22)20-18(23)21(15)16;1-16(2,3)17-14(18)11-8-4-6-10-7-5-9-12(13(10)11)15(17)19;1-3-7-11-9(5-1)10-6-2-4-8-12(10)13-11;1-4(2)3/h4-10,16H,1-3H3,(H,20,22,23);4-9H,1-3H3;1-8,13H;4H,1-3H3. The minimum Gasteiger partial charge on any atom is -0.355 e. The van der Waals surface area contributed by atoms with Gasteiger partial charge in [-0.2, -0.15) is 0 Å². The summed E-state index contributed by atoms with van der Waals surface area (Å²) in [5, 5.41) is 8.99. The molecule has 59 heavy (non-hydrogen) atoms. The van der Waals surface area contributed by atoms with E-state index in [2.05, 4.69) is 125 Å². The summed E-state index contributed by atoms with van der Waals surface area (Å²) in [6.45, 7) is 18.4. The molecule has 10 rings (SSSR count). The zero-order chi connectivity index (χ0) is 42.4. The van der Waals surface area contributed by atoms with E-state index in [1.54, 1.807) is 17.0 Å². The normalized spacial score (nSPS) is 15.8. The van der Waals surface area contributed by atoms with Crippen molar-refractivity contribution in [3.05, 3.63) is 149 Å². The predicted octanol–water partition coefficient (Wildman–Crippen LogP) is 12.1. The van der Waals surface area contributed by atoms with Crippen LogP contribution in [0.25, 0.3) is 49.4 Å². The van der Waals surface area contributed by atoms with E-state index in [9.17, 15) is 19.2 Å².